The fourth-order valence-electron chi connectivity index (χ4n) is 1.47. The van der Waals surface area contributed by atoms with E-state index in [0.717, 1.165) is 0 Å². The number of esters is 1. The number of methoxy groups -OCH3 is 1. The molecule has 1 aromatic rings. The van der Waals surface area contributed by atoms with Crippen LogP contribution in [0, 0.1) is 0 Å². The minimum atomic E-state index is -3.30. The van der Waals surface area contributed by atoms with Gasteiger partial charge < -0.3 is 9.26 Å². The number of para-hydroxylation sites is 1. The zero-order valence-electron chi connectivity index (χ0n) is 12.5. The van der Waals surface area contributed by atoms with Crippen LogP contribution >= 0.6 is 7.52 Å². The number of nitrogens with one attached hydrogen (secondary N) is 1. The summed E-state index contributed by atoms with van der Waals surface area (Å²) in [5.74, 6) is 0.0152. The molecule has 0 bridgehead atoms. The molecule has 0 aromatic heterocycles. The van der Waals surface area contributed by atoms with Crippen molar-refractivity contribution in [2.45, 2.75) is 38.9 Å². The first-order chi connectivity index (χ1) is 9.19. The predicted molar refractivity (Wildman–Crippen MR) is 79.0 cm³/mol. The Balaban J connectivity index is 2.99. The second kappa shape index (κ2) is 6.42. The van der Waals surface area contributed by atoms with Crippen LogP contribution < -0.4 is 9.61 Å². The molecule has 6 heteroatoms. The van der Waals surface area contributed by atoms with E-state index in [2.05, 4.69) is 9.82 Å². The largest absolute Gasteiger partial charge is 0.468 e. The molecule has 1 aromatic carbocycles. The Morgan fingerprint density at radius 2 is 1.80 bits per heavy atom. The van der Waals surface area contributed by atoms with Gasteiger partial charge in [0.1, 0.15) is 11.8 Å². The maximum absolute atomic E-state index is 13.1. The zero-order chi connectivity index (χ0) is 15.4. The fraction of sp³-hybridized carbons (Fsp3) is 0.500. The van der Waals surface area contributed by atoms with Gasteiger partial charge in [-0.2, -0.15) is 0 Å². The summed E-state index contributed by atoms with van der Waals surface area (Å²) < 4.78 is 23.4. The van der Waals surface area contributed by atoms with E-state index >= 15 is 0 Å². The van der Waals surface area contributed by atoms with E-state index in [0.29, 0.717) is 5.75 Å². The van der Waals surface area contributed by atoms with E-state index in [4.69, 9.17) is 4.52 Å². The summed E-state index contributed by atoms with van der Waals surface area (Å²) >= 11 is 0. The van der Waals surface area contributed by atoms with E-state index in [9.17, 15) is 9.36 Å². The maximum atomic E-state index is 13.1. The number of rotatable bonds is 5. The lowest BCUT2D eigenvalue weighted by molar-refractivity contribution is -0.142. The van der Waals surface area contributed by atoms with Crippen molar-refractivity contribution < 1.29 is 18.6 Å². The van der Waals surface area contributed by atoms with Crippen molar-refractivity contribution in [2.24, 2.45) is 0 Å². The molecule has 112 valence electrons. The lowest BCUT2D eigenvalue weighted by Crippen LogP contribution is -2.39. The van der Waals surface area contributed by atoms with Crippen LogP contribution in [0.3, 0.4) is 0 Å². The summed E-state index contributed by atoms with van der Waals surface area (Å²) in [6.45, 7) is 6.99. The van der Waals surface area contributed by atoms with Crippen molar-refractivity contribution in [3.05, 3.63) is 30.3 Å². The summed E-state index contributed by atoms with van der Waals surface area (Å²) in [6, 6.07) is 8.18. The average Bonchev–Trinajstić information content (AvgIpc) is 2.37. The molecule has 0 fully saturated rings. The van der Waals surface area contributed by atoms with Gasteiger partial charge in [-0.25, -0.2) is 5.09 Å². The Labute approximate surface area is 120 Å². The Hall–Kier alpha value is -1.32. The summed E-state index contributed by atoms with van der Waals surface area (Å²) in [7, 11) is -2.01. The summed E-state index contributed by atoms with van der Waals surface area (Å²) in [4.78, 5) is 11.5. The first-order valence-electron chi connectivity index (χ1n) is 6.40. The molecule has 2 unspecified atom stereocenters. The van der Waals surface area contributed by atoms with Gasteiger partial charge in [0.25, 0.3) is 0 Å². The Morgan fingerprint density at radius 1 is 1.25 bits per heavy atom. The normalized spacial score (nSPS) is 16.1. The van der Waals surface area contributed by atoms with Crippen LogP contribution in [-0.4, -0.2) is 24.3 Å². The Bertz CT molecular complexity index is 496. The van der Waals surface area contributed by atoms with Gasteiger partial charge in [0.15, 0.2) is 0 Å². The van der Waals surface area contributed by atoms with E-state index in [-0.39, 0.29) is 0 Å². The van der Waals surface area contributed by atoms with Crippen molar-refractivity contribution in [3.63, 3.8) is 0 Å². The molecule has 0 amide bonds. The van der Waals surface area contributed by atoms with Crippen molar-refractivity contribution >= 4 is 13.5 Å². The third-order valence-corrected chi connectivity index (χ3v) is 5.74. The molecular weight excluding hydrogens is 277 g/mol. The SMILES string of the molecule is COC(=O)C(C)NP(=O)(Oc1ccccc1)C(C)(C)C. The van der Waals surface area contributed by atoms with Gasteiger partial charge in [-0.3, -0.25) is 9.36 Å². The van der Waals surface area contributed by atoms with E-state index in [1.54, 1.807) is 52.0 Å². The Kier molecular flexibility index (Phi) is 5.37. The second-order valence-electron chi connectivity index (χ2n) is 5.50. The molecule has 1 rings (SSSR count). The molecule has 0 saturated heterocycles. The van der Waals surface area contributed by atoms with Gasteiger partial charge in [0.2, 0.25) is 0 Å². The lowest BCUT2D eigenvalue weighted by Gasteiger charge is -2.32. The van der Waals surface area contributed by atoms with Gasteiger partial charge in [0.05, 0.1) is 12.3 Å². The number of carbonyl (C=O) groups is 1. The highest BCUT2D eigenvalue weighted by Crippen LogP contribution is 2.55. The molecule has 5 nitrogen and oxygen atoms in total. The standard InChI is InChI=1S/C14H22NO4P/c1-11(13(16)18-5)15-20(17,14(2,3)4)19-12-9-7-6-8-10-12/h6-11H,1-5H3,(H,15,17). The molecule has 0 saturated carbocycles. The number of benzene rings is 1. The summed E-state index contributed by atoms with van der Waals surface area (Å²) in [6.07, 6.45) is 0. The van der Waals surface area contributed by atoms with Crippen LogP contribution in [0.2, 0.25) is 0 Å². The molecular formula is C14H22NO4P. The van der Waals surface area contributed by atoms with Crippen LogP contribution in [-0.2, 0) is 14.1 Å². The predicted octanol–water partition coefficient (Wildman–Crippen LogP) is 3.21. The third kappa shape index (κ3) is 4.09. The minimum Gasteiger partial charge on any atom is -0.468 e. The molecule has 0 radical (unpaired) electrons. The van der Waals surface area contributed by atoms with Crippen LogP contribution in [0.25, 0.3) is 0 Å². The molecule has 1 N–H and O–H groups in total. The molecule has 0 spiro atoms. The van der Waals surface area contributed by atoms with Gasteiger partial charge in [0, 0.05) is 0 Å². The minimum absolute atomic E-state index is 0.480. The molecule has 0 aliphatic carbocycles. The zero-order valence-corrected chi connectivity index (χ0v) is 13.4. The van der Waals surface area contributed by atoms with Crippen molar-refractivity contribution in [1.29, 1.82) is 0 Å². The second-order valence-corrected chi connectivity index (χ2v) is 8.39. The van der Waals surface area contributed by atoms with Crippen LogP contribution in [0.4, 0.5) is 0 Å². The van der Waals surface area contributed by atoms with Crippen LogP contribution in [0.1, 0.15) is 27.7 Å². The average molecular weight is 299 g/mol. The Morgan fingerprint density at radius 3 is 2.25 bits per heavy atom. The molecule has 0 heterocycles. The monoisotopic (exact) mass is 299 g/mol. The third-order valence-electron chi connectivity index (χ3n) is 2.78. The first kappa shape index (κ1) is 16.7. The van der Waals surface area contributed by atoms with Crippen molar-refractivity contribution in [2.75, 3.05) is 7.11 Å². The lowest BCUT2D eigenvalue weighted by atomic mass is 10.3. The van der Waals surface area contributed by atoms with Gasteiger partial charge >= 0.3 is 13.5 Å². The molecule has 0 aliphatic heterocycles. The molecule has 0 aliphatic rings. The van der Waals surface area contributed by atoms with Crippen LogP contribution in [0.15, 0.2) is 30.3 Å². The fourth-order valence-corrected chi connectivity index (χ4v) is 3.22. The topological polar surface area (TPSA) is 64.6 Å². The highest BCUT2D eigenvalue weighted by Gasteiger charge is 2.41. The number of ether oxygens (including phenoxy) is 1. The number of carbonyl (C=O) groups excluding carboxylic acids is 1. The van der Waals surface area contributed by atoms with Crippen molar-refractivity contribution in [1.82, 2.24) is 5.09 Å². The first-order valence-corrected chi connectivity index (χ1v) is 8.02. The summed E-state index contributed by atoms with van der Waals surface area (Å²) in [5.41, 5.74) is 0. The highest BCUT2D eigenvalue weighted by molar-refractivity contribution is 7.59. The molecule has 2 atom stereocenters. The van der Waals surface area contributed by atoms with Gasteiger partial charge in [-0.1, -0.05) is 18.2 Å². The number of hydrogen-bond donors (Lipinski definition) is 1. The maximum Gasteiger partial charge on any atom is 0.323 e. The van der Waals surface area contributed by atoms with E-state index < -0.39 is 24.7 Å². The summed E-state index contributed by atoms with van der Waals surface area (Å²) in [5, 5.41) is 2.13. The quantitative estimate of drug-likeness (QED) is 0.668. The van der Waals surface area contributed by atoms with E-state index in [1.807, 2.05) is 6.07 Å². The van der Waals surface area contributed by atoms with E-state index in [1.165, 1.54) is 7.11 Å². The van der Waals surface area contributed by atoms with Crippen molar-refractivity contribution in [3.8, 4) is 5.75 Å². The van der Waals surface area contributed by atoms with Crippen LogP contribution in [0.5, 0.6) is 5.75 Å². The number of hydrogen-bond acceptors (Lipinski definition) is 4. The van der Waals surface area contributed by atoms with Gasteiger partial charge in [-0.05, 0) is 39.8 Å². The smallest absolute Gasteiger partial charge is 0.323 e. The van der Waals surface area contributed by atoms with Gasteiger partial charge in [-0.15, -0.1) is 0 Å². The molecule has 20 heavy (non-hydrogen) atoms. The highest BCUT2D eigenvalue weighted by atomic mass is 31.2.